The van der Waals surface area contributed by atoms with Crippen molar-refractivity contribution in [1.82, 2.24) is 9.66 Å². The Bertz CT molecular complexity index is 572. The van der Waals surface area contributed by atoms with Gasteiger partial charge < -0.3 is 5.73 Å². The maximum absolute atomic E-state index is 13.3. The molecular weight excluding hydrogens is 219 g/mol. The van der Waals surface area contributed by atoms with E-state index >= 15 is 0 Å². The molecule has 1 heterocycles. The smallest absolute Gasteiger partial charge is 0.221 e. The van der Waals surface area contributed by atoms with Crippen molar-refractivity contribution >= 4 is 12.2 Å². The SMILES string of the molecule is Cc1cn(N=Cc2cccc(F)c2C)c(N)n1. The Labute approximate surface area is 98.6 Å². The lowest BCUT2D eigenvalue weighted by atomic mass is 10.1. The summed E-state index contributed by atoms with van der Waals surface area (Å²) >= 11 is 0. The van der Waals surface area contributed by atoms with E-state index in [-0.39, 0.29) is 5.82 Å². The van der Waals surface area contributed by atoms with Crippen LogP contribution in [0.15, 0.2) is 29.5 Å². The van der Waals surface area contributed by atoms with Crippen LogP contribution >= 0.6 is 0 Å². The highest BCUT2D eigenvalue weighted by Crippen LogP contribution is 2.10. The summed E-state index contributed by atoms with van der Waals surface area (Å²) in [5, 5.41) is 4.14. The zero-order valence-corrected chi connectivity index (χ0v) is 9.68. The molecule has 0 aliphatic heterocycles. The first-order chi connectivity index (χ1) is 8.08. The summed E-state index contributed by atoms with van der Waals surface area (Å²) in [6.45, 7) is 3.54. The van der Waals surface area contributed by atoms with Crippen molar-refractivity contribution < 1.29 is 4.39 Å². The fraction of sp³-hybridized carbons (Fsp3) is 0.167. The molecule has 0 saturated carbocycles. The van der Waals surface area contributed by atoms with E-state index < -0.39 is 0 Å². The summed E-state index contributed by atoms with van der Waals surface area (Å²) in [4.78, 5) is 4.02. The number of anilines is 1. The van der Waals surface area contributed by atoms with Crippen LogP contribution in [0, 0.1) is 19.7 Å². The third kappa shape index (κ3) is 2.33. The van der Waals surface area contributed by atoms with Gasteiger partial charge in [0.1, 0.15) is 5.82 Å². The van der Waals surface area contributed by atoms with Gasteiger partial charge in [-0.05, 0) is 25.5 Å². The van der Waals surface area contributed by atoms with Gasteiger partial charge in [0.2, 0.25) is 5.95 Å². The molecule has 0 amide bonds. The molecule has 0 bridgehead atoms. The third-order valence-electron chi connectivity index (χ3n) is 2.47. The number of nitrogens with zero attached hydrogens (tertiary/aromatic N) is 3. The van der Waals surface area contributed by atoms with E-state index in [9.17, 15) is 4.39 Å². The molecular formula is C12H13FN4. The minimum Gasteiger partial charge on any atom is -0.368 e. The van der Waals surface area contributed by atoms with Crippen molar-refractivity contribution in [3.8, 4) is 0 Å². The van der Waals surface area contributed by atoms with E-state index in [0.717, 1.165) is 11.3 Å². The zero-order chi connectivity index (χ0) is 12.4. The number of nitrogens with two attached hydrogens (primary N) is 1. The molecule has 1 aromatic carbocycles. The molecule has 0 atom stereocenters. The summed E-state index contributed by atoms with van der Waals surface area (Å²) < 4.78 is 14.7. The van der Waals surface area contributed by atoms with E-state index in [0.29, 0.717) is 11.5 Å². The predicted molar refractivity (Wildman–Crippen MR) is 65.5 cm³/mol. The highest BCUT2D eigenvalue weighted by Gasteiger charge is 2.02. The van der Waals surface area contributed by atoms with Crippen LogP contribution in [-0.2, 0) is 0 Å². The molecule has 0 fully saturated rings. The monoisotopic (exact) mass is 232 g/mol. The molecule has 17 heavy (non-hydrogen) atoms. The van der Waals surface area contributed by atoms with Crippen LogP contribution in [0.3, 0.4) is 0 Å². The topological polar surface area (TPSA) is 56.2 Å². The fourth-order valence-corrected chi connectivity index (χ4v) is 1.48. The van der Waals surface area contributed by atoms with Gasteiger partial charge in [-0.1, -0.05) is 12.1 Å². The van der Waals surface area contributed by atoms with Crippen LogP contribution in [0.5, 0.6) is 0 Å². The second-order valence-electron chi connectivity index (χ2n) is 3.78. The quantitative estimate of drug-likeness (QED) is 0.806. The number of halogens is 1. The van der Waals surface area contributed by atoms with Gasteiger partial charge in [0.05, 0.1) is 18.1 Å². The number of nitrogen functional groups attached to an aromatic ring is 1. The second kappa shape index (κ2) is 4.37. The molecule has 0 aliphatic rings. The Hall–Kier alpha value is -2.17. The minimum atomic E-state index is -0.247. The van der Waals surface area contributed by atoms with Gasteiger partial charge in [-0.3, -0.25) is 0 Å². The number of hydrogen-bond donors (Lipinski definition) is 1. The Morgan fingerprint density at radius 2 is 2.18 bits per heavy atom. The molecule has 0 saturated heterocycles. The molecule has 2 aromatic rings. The first-order valence-electron chi connectivity index (χ1n) is 5.19. The molecule has 4 nitrogen and oxygen atoms in total. The van der Waals surface area contributed by atoms with Gasteiger partial charge in [0.25, 0.3) is 0 Å². The number of imidazole rings is 1. The van der Waals surface area contributed by atoms with Crippen molar-refractivity contribution in [3.63, 3.8) is 0 Å². The van der Waals surface area contributed by atoms with Crippen molar-refractivity contribution in [2.75, 3.05) is 5.73 Å². The molecule has 0 unspecified atom stereocenters. The largest absolute Gasteiger partial charge is 0.368 e. The van der Waals surface area contributed by atoms with Crippen LogP contribution < -0.4 is 5.73 Å². The summed E-state index contributed by atoms with van der Waals surface area (Å²) in [5.41, 5.74) is 7.71. The number of rotatable bonds is 2. The van der Waals surface area contributed by atoms with Crippen molar-refractivity contribution in [2.45, 2.75) is 13.8 Å². The zero-order valence-electron chi connectivity index (χ0n) is 9.68. The molecule has 0 aliphatic carbocycles. The summed E-state index contributed by atoms with van der Waals surface area (Å²) in [6.07, 6.45) is 3.27. The number of benzene rings is 1. The van der Waals surface area contributed by atoms with Crippen molar-refractivity contribution in [1.29, 1.82) is 0 Å². The lowest BCUT2D eigenvalue weighted by Gasteiger charge is -2.00. The van der Waals surface area contributed by atoms with Crippen molar-refractivity contribution in [3.05, 3.63) is 47.0 Å². The maximum Gasteiger partial charge on any atom is 0.221 e. The number of hydrogen-bond acceptors (Lipinski definition) is 3. The molecule has 5 heteroatoms. The van der Waals surface area contributed by atoms with Crippen LogP contribution in [-0.4, -0.2) is 15.9 Å². The van der Waals surface area contributed by atoms with Gasteiger partial charge in [0.15, 0.2) is 0 Å². The summed E-state index contributed by atoms with van der Waals surface area (Å²) in [7, 11) is 0. The van der Waals surface area contributed by atoms with E-state index in [1.165, 1.54) is 10.7 Å². The number of aromatic nitrogens is 2. The summed E-state index contributed by atoms with van der Waals surface area (Å²) in [6, 6.07) is 4.86. The van der Waals surface area contributed by atoms with Crippen LogP contribution in [0.4, 0.5) is 10.3 Å². The minimum absolute atomic E-state index is 0.247. The Balaban J connectivity index is 2.32. The van der Waals surface area contributed by atoms with Gasteiger partial charge in [0, 0.05) is 5.56 Å². The van der Waals surface area contributed by atoms with Gasteiger partial charge in [-0.25, -0.2) is 14.1 Å². The van der Waals surface area contributed by atoms with Gasteiger partial charge in [-0.2, -0.15) is 5.10 Å². The van der Waals surface area contributed by atoms with Crippen LogP contribution in [0.2, 0.25) is 0 Å². The first-order valence-corrected chi connectivity index (χ1v) is 5.19. The van der Waals surface area contributed by atoms with E-state index in [1.807, 2.05) is 6.92 Å². The first kappa shape index (κ1) is 11.3. The Kier molecular flexibility index (Phi) is 2.91. The molecule has 88 valence electrons. The highest BCUT2D eigenvalue weighted by atomic mass is 19.1. The lowest BCUT2D eigenvalue weighted by Crippen LogP contribution is -1.98. The van der Waals surface area contributed by atoms with Crippen LogP contribution in [0.25, 0.3) is 0 Å². The van der Waals surface area contributed by atoms with Crippen molar-refractivity contribution in [2.24, 2.45) is 5.10 Å². The Morgan fingerprint density at radius 1 is 1.41 bits per heavy atom. The van der Waals surface area contributed by atoms with E-state index in [1.54, 1.807) is 31.5 Å². The van der Waals surface area contributed by atoms with Gasteiger partial charge in [-0.15, -0.1) is 0 Å². The molecule has 2 N–H and O–H groups in total. The number of aryl methyl sites for hydroxylation is 1. The molecule has 0 radical (unpaired) electrons. The maximum atomic E-state index is 13.3. The molecule has 1 aromatic heterocycles. The van der Waals surface area contributed by atoms with Crippen LogP contribution in [0.1, 0.15) is 16.8 Å². The predicted octanol–water partition coefficient (Wildman–Crippen LogP) is 2.10. The molecule has 2 rings (SSSR count). The Morgan fingerprint density at radius 3 is 2.82 bits per heavy atom. The van der Waals surface area contributed by atoms with E-state index in [2.05, 4.69) is 10.1 Å². The standard InChI is InChI=1S/C12H13FN4/c1-8-7-17(12(14)16-8)15-6-10-4-3-5-11(13)9(10)2/h3-7H,1-2H3,(H2,14,16). The average molecular weight is 232 g/mol. The van der Waals surface area contributed by atoms with E-state index in [4.69, 9.17) is 5.73 Å². The average Bonchev–Trinajstić information content (AvgIpc) is 2.60. The van der Waals surface area contributed by atoms with Gasteiger partial charge >= 0.3 is 0 Å². The summed E-state index contributed by atoms with van der Waals surface area (Å²) in [5.74, 6) is 0.0662. The third-order valence-corrected chi connectivity index (χ3v) is 2.47. The normalized spacial score (nSPS) is 11.2. The fourth-order valence-electron chi connectivity index (χ4n) is 1.48. The second-order valence-corrected chi connectivity index (χ2v) is 3.78. The molecule has 0 spiro atoms. The highest BCUT2D eigenvalue weighted by molar-refractivity contribution is 5.81. The lowest BCUT2D eigenvalue weighted by molar-refractivity contribution is 0.618.